The van der Waals surface area contributed by atoms with Gasteiger partial charge in [0.2, 0.25) is 0 Å². The third kappa shape index (κ3) is 6.99. The average Bonchev–Trinajstić information content (AvgIpc) is 2.76. The van der Waals surface area contributed by atoms with Crippen molar-refractivity contribution in [2.45, 2.75) is 12.5 Å². The van der Waals surface area contributed by atoms with Crippen molar-refractivity contribution in [3.05, 3.63) is 36.8 Å². The number of hydrogen-bond acceptors (Lipinski definition) is 6. The van der Waals surface area contributed by atoms with Crippen LogP contribution in [0.3, 0.4) is 0 Å². The minimum atomic E-state index is -3.59. The van der Waals surface area contributed by atoms with Gasteiger partial charge < -0.3 is 16.5 Å². The van der Waals surface area contributed by atoms with Crippen molar-refractivity contribution in [2.24, 2.45) is 0 Å². The van der Waals surface area contributed by atoms with Crippen molar-refractivity contribution in [1.82, 2.24) is 0 Å². The van der Waals surface area contributed by atoms with E-state index < -0.39 is 22.3 Å². The summed E-state index contributed by atoms with van der Waals surface area (Å²) >= 11 is 0. The van der Waals surface area contributed by atoms with Crippen LogP contribution in [-0.2, 0) is 69.9 Å². The van der Waals surface area contributed by atoms with E-state index in [1.54, 1.807) is 18.2 Å². The molecule has 1 atom stereocenters. The Balaban J connectivity index is 0.00000264. The molecule has 10 heteroatoms. The fourth-order valence-corrected chi connectivity index (χ4v) is 2.40. The van der Waals surface area contributed by atoms with Gasteiger partial charge >= 0.3 is 6.09 Å². The van der Waals surface area contributed by atoms with E-state index in [0.29, 0.717) is 11.3 Å². The average molecular weight is 560 g/mol. The molecular weight excluding hydrogens is 545 g/mol. The number of carbonyl (C=O) groups is 2. The van der Waals surface area contributed by atoms with E-state index in [2.05, 4.69) is 17.2 Å². The van der Waals surface area contributed by atoms with Gasteiger partial charge in [-0.15, -0.1) is 12.1 Å². The van der Waals surface area contributed by atoms with Crippen LogP contribution in [0.5, 0.6) is 0 Å². The maximum Gasteiger partial charge on any atom is 0.412 e. The molecule has 1 aromatic carbocycles. The van der Waals surface area contributed by atoms with Crippen LogP contribution < -0.4 is 4.90 Å². The van der Waals surface area contributed by atoms with Crippen molar-refractivity contribution in [1.29, 1.82) is 0 Å². The third-order valence-electron chi connectivity index (χ3n) is 2.89. The number of hydrogen-bond donors (Lipinski definition) is 0. The summed E-state index contributed by atoms with van der Waals surface area (Å²) in [5, 5.41) is 0. The Hall–Kier alpha value is -0.787. The summed E-state index contributed by atoms with van der Waals surface area (Å²) in [6.45, 7) is 3.23. The fourth-order valence-electron chi connectivity index (χ4n) is 2.00. The van der Waals surface area contributed by atoms with E-state index in [1.807, 2.05) is 0 Å². The Labute approximate surface area is 167 Å². The molecule has 7 nitrogen and oxygen atoms in total. The summed E-state index contributed by atoms with van der Waals surface area (Å²) < 4.78 is 31.6. The van der Waals surface area contributed by atoms with E-state index in [1.165, 1.54) is 4.90 Å². The molecule has 1 saturated heterocycles. The first-order valence-electron chi connectivity index (χ1n) is 6.42. The Morgan fingerprint density at radius 1 is 1.54 bits per heavy atom. The molecule has 1 aromatic rings. The molecule has 131 valence electrons. The molecule has 1 fully saturated rings. The van der Waals surface area contributed by atoms with Gasteiger partial charge in [-0.25, -0.2) is 4.79 Å². The molecule has 0 aromatic heterocycles. The predicted molar refractivity (Wildman–Crippen MR) is 77.8 cm³/mol. The van der Waals surface area contributed by atoms with E-state index >= 15 is 0 Å². The van der Waals surface area contributed by atoms with Crippen LogP contribution in [0.1, 0.15) is 5.56 Å². The minimum Gasteiger partial charge on any atom is -0.441 e. The number of ketones is 1. The second-order valence-electron chi connectivity index (χ2n) is 4.89. The Morgan fingerprint density at radius 2 is 2.21 bits per heavy atom. The summed E-state index contributed by atoms with van der Waals surface area (Å²) in [5.41, 5.74) is 1.16. The van der Waals surface area contributed by atoms with Crippen LogP contribution in [0.25, 0.3) is 0 Å². The van der Waals surface area contributed by atoms with Crippen LogP contribution in [-0.4, -0.2) is 45.8 Å². The summed E-state index contributed by atoms with van der Waals surface area (Å²) in [6, 6.07) is 7.78. The Morgan fingerprint density at radius 3 is 2.79 bits per heavy atom. The zero-order chi connectivity index (χ0) is 16.3. The number of ether oxygens (including phenoxy) is 1. The monoisotopic (exact) mass is 560 g/mol. The third-order valence-corrected chi connectivity index (χ3v) is 3.45. The van der Waals surface area contributed by atoms with Gasteiger partial charge in [0.1, 0.15) is 12.7 Å². The van der Waals surface area contributed by atoms with Crippen molar-refractivity contribution in [3.63, 3.8) is 0 Å². The van der Waals surface area contributed by atoms with Crippen molar-refractivity contribution in [2.75, 3.05) is 24.3 Å². The van der Waals surface area contributed by atoms with Crippen molar-refractivity contribution >= 4 is 27.7 Å². The quantitative estimate of drug-likeness (QED) is 0.377. The number of benzene rings is 1. The molecule has 2 rings (SSSR count). The number of carbonyl (C=O) groups excluding carboxylic acids is 2. The van der Waals surface area contributed by atoms with Gasteiger partial charge in [-0.2, -0.15) is 26.1 Å². The molecule has 1 aliphatic heterocycles. The van der Waals surface area contributed by atoms with Crippen LogP contribution >= 0.6 is 0 Å². The van der Waals surface area contributed by atoms with E-state index in [9.17, 15) is 18.0 Å². The number of nitrogens with zero attached hydrogens (tertiary/aromatic N) is 1. The second kappa shape index (κ2) is 9.63. The maximum absolute atomic E-state index is 11.9. The Kier molecular flexibility index (Phi) is 9.32. The Bertz CT molecular complexity index is 696. The standard InChI is InChI=1S/C14H15NO6S.V.W/c1-10(16)6-11-4-3-5-12(7-11)15-8-13(21-14(15)17)9-20-22(2,18)19;;/h3,5,7,13H,1,6,8-9H2,2H3;;/q-2;;/t13-;;/m1../s1. The van der Waals surface area contributed by atoms with E-state index in [4.69, 9.17) is 4.74 Å². The predicted octanol–water partition coefficient (Wildman–Crippen LogP) is 0.729. The first-order valence-corrected chi connectivity index (χ1v) is 8.24. The van der Waals surface area contributed by atoms with Crippen LogP contribution in [0.15, 0.2) is 18.2 Å². The molecule has 0 saturated carbocycles. The SMILES string of the molecule is [CH2-]C(=O)Cc1[c-]ccc(N2C[C@H](COS(C)(=O)=O)OC2=O)c1.[V].[W]. The van der Waals surface area contributed by atoms with Gasteiger partial charge in [-0.1, -0.05) is 5.69 Å². The zero-order valence-electron chi connectivity index (χ0n) is 12.8. The molecule has 0 spiro atoms. The summed E-state index contributed by atoms with van der Waals surface area (Å²) in [6.07, 6.45) is -0.224. The smallest absolute Gasteiger partial charge is 0.412 e. The molecule has 0 unspecified atom stereocenters. The molecule has 1 heterocycles. The largest absolute Gasteiger partial charge is 0.441 e. The number of amides is 1. The number of Topliss-reactive ketones (excluding diaryl/α,β-unsaturated/α-hetero) is 1. The first kappa shape index (κ1) is 23.2. The number of anilines is 1. The molecule has 0 bridgehead atoms. The number of cyclic esters (lactones) is 1. The molecule has 0 N–H and O–H groups in total. The number of rotatable bonds is 6. The normalized spacial score (nSPS) is 16.8. The molecular formula is C14H15NO6SVW-2. The topological polar surface area (TPSA) is 90.0 Å². The van der Waals surface area contributed by atoms with Crippen LogP contribution in [0.2, 0.25) is 0 Å². The molecule has 1 radical (unpaired) electrons. The first-order chi connectivity index (χ1) is 10.2. The van der Waals surface area contributed by atoms with Gasteiger partial charge in [0.05, 0.1) is 12.8 Å². The van der Waals surface area contributed by atoms with Gasteiger partial charge in [-0.3, -0.25) is 9.08 Å². The van der Waals surface area contributed by atoms with Crippen molar-refractivity contribution in [3.8, 4) is 0 Å². The zero-order valence-corrected chi connectivity index (χ0v) is 17.9. The van der Waals surface area contributed by atoms with Gasteiger partial charge in [0.25, 0.3) is 10.1 Å². The summed E-state index contributed by atoms with van der Waals surface area (Å²) in [5.74, 6) is -0.253. The van der Waals surface area contributed by atoms with E-state index in [-0.39, 0.29) is 65.0 Å². The van der Waals surface area contributed by atoms with Gasteiger partial charge in [0.15, 0.2) is 0 Å². The van der Waals surface area contributed by atoms with E-state index in [0.717, 1.165) is 6.26 Å². The van der Waals surface area contributed by atoms with Crippen LogP contribution in [0, 0.1) is 13.0 Å². The molecule has 24 heavy (non-hydrogen) atoms. The van der Waals surface area contributed by atoms with Gasteiger partial charge in [-0.05, 0) is 12.2 Å². The fraction of sp³-hybridized carbons (Fsp3) is 0.357. The summed E-state index contributed by atoms with van der Waals surface area (Å²) in [7, 11) is -3.59. The maximum atomic E-state index is 11.9. The molecule has 1 aliphatic rings. The van der Waals surface area contributed by atoms with Crippen LogP contribution in [0.4, 0.5) is 10.5 Å². The molecule has 0 aliphatic carbocycles. The van der Waals surface area contributed by atoms with Crippen molar-refractivity contribution < 1.29 is 66.5 Å². The second-order valence-corrected chi connectivity index (χ2v) is 6.54. The minimum absolute atomic E-state index is 0. The summed E-state index contributed by atoms with van der Waals surface area (Å²) in [4.78, 5) is 24.2. The molecule has 1 amide bonds. The van der Waals surface area contributed by atoms with Gasteiger partial charge in [0, 0.05) is 39.6 Å².